The van der Waals surface area contributed by atoms with Gasteiger partial charge in [-0.05, 0) is 48.7 Å². The zero-order valence-corrected chi connectivity index (χ0v) is 17.9. The molecule has 0 aromatic heterocycles. The number of hydrogen-bond donors (Lipinski definition) is 0. The summed E-state index contributed by atoms with van der Waals surface area (Å²) in [6.45, 7) is 2.08. The van der Waals surface area contributed by atoms with Crippen LogP contribution < -0.4 is 4.74 Å². The van der Waals surface area contributed by atoms with Crippen molar-refractivity contribution in [3.63, 3.8) is 0 Å². The lowest BCUT2D eigenvalue weighted by molar-refractivity contribution is -0.127. The normalized spacial score (nSPS) is 18.2. The molecule has 2 heterocycles. The van der Waals surface area contributed by atoms with E-state index in [0.29, 0.717) is 18.7 Å². The van der Waals surface area contributed by atoms with E-state index in [2.05, 4.69) is 0 Å². The van der Waals surface area contributed by atoms with E-state index >= 15 is 0 Å². The van der Waals surface area contributed by atoms with Crippen LogP contribution in [0.5, 0.6) is 5.75 Å². The molecule has 2 fully saturated rings. The minimum atomic E-state index is -0.211. The first-order valence-electron chi connectivity index (χ1n) is 10.2. The van der Waals surface area contributed by atoms with Crippen molar-refractivity contribution >= 4 is 29.7 Å². The first-order chi connectivity index (χ1) is 14.6. The van der Waals surface area contributed by atoms with E-state index in [4.69, 9.17) is 4.74 Å². The summed E-state index contributed by atoms with van der Waals surface area (Å²) in [5.74, 6) is 1.77. The molecule has 2 aliphatic rings. The summed E-state index contributed by atoms with van der Waals surface area (Å²) in [5.41, 5.74) is 1.70. The van der Waals surface area contributed by atoms with E-state index in [-0.39, 0.29) is 16.7 Å². The van der Waals surface area contributed by atoms with Crippen molar-refractivity contribution in [2.75, 3.05) is 32.5 Å². The second-order valence-electron chi connectivity index (χ2n) is 7.55. The third-order valence-electron chi connectivity index (χ3n) is 5.83. The van der Waals surface area contributed by atoms with Crippen molar-refractivity contribution in [2.45, 2.75) is 17.7 Å². The number of piperidine rings is 1. The Balaban J connectivity index is 1.40. The summed E-state index contributed by atoms with van der Waals surface area (Å²) >= 11 is 1.85. The number of likely N-dealkylation sites (tertiary alicyclic amines) is 1. The van der Waals surface area contributed by atoms with Crippen LogP contribution in [0.15, 0.2) is 60.7 Å². The molecule has 1 spiro atoms. The molecule has 6 heteroatoms. The van der Waals surface area contributed by atoms with Crippen LogP contribution in [-0.4, -0.2) is 59.0 Å². The van der Waals surface area contributed by atoms with Gasteiger partial charge in [-0.25, -0.2) is 0 Å². The van der Waals surface area contributed by atoms with Crippen LogP contribution >= 0.6 is 11.8 Å². The third kappa shape index (κ3) is 4.24. The lowest BCUT2D eigenvalue weighted by atomic mass is 10.0. The van der Waals surface area contributed by atoms with Crippen molar-refractivity contribution in [1.29, 1.82) is 0 Å². The van der Waals surface area contributed by atoms with Crippen LogP contribution in [0.25, 0.3) is 6.08 Å². The van der Waals surface area contributed by atoms with Crippen LogP contribution in [0.2, 0.25) is 0 Å². The number of rotatable bonds is 4. The number of hydrogen-bond acceptors (Lipinski definition) is 4. The molecule has 4 rings (SSSR count). The Bertz CT molecular complexity index is 919. The van der Waals surface area contributed by atoms with Crippen molar-refractivity contribution < 1.29 is 14.3 Å². The topological polar surface area (TPSA) is 49.9 Å². The molecule has 2 amide bonds. The summed E-state index contributed by atoms with van der Waals surface area (Å²) in [4.78, 5) is 29.5. The maximum Gasteiger partial charge on any atom is 0.255 e. The molecule has 2 aromatic rings. The van der Waals surface area contributed by atoms with Crippen molar-refractivity contribution in [1.82, 2.24) is 9.80 Å². The Labute approximate surface area is 181 Å². The molecular weight excluding hydrogens is 396 g/mol. The quantitative estimate of drug-likeness (QED) is 0.701. The first kappa shape index (κ1) is 20.5. The zero-order valence-electron chi connectivity index (χ0n) is 17.1. The van der Waals surface area contributed by atoms with E-state index in [1.54, 1.807) is 13.2 Å². The molecule has 0 atom stereocenters. The number of nitrogens with zero attached hydrogens (tertiary/aromatic N) is 2. The van der Waals surface area contributed by atoms with Gasteiger partial charge in [-0.3, -0.25) is 9.59 Å². The molecule has 30 heavy (non-hydrogen) atoms. The molecule has 0 aliphatic carbocycles. The Morgan fingerprint density at radius 2 is 1.70 bits per heavy atom. The van der Waals surface area contributed by atoms with Gasteiger partial charge in [0.15, 0.2) is 0 Å². The zero-order chi connectivity index (χ0) is 21.0. The molecule has 2 saturated heterocycles. The highest BCUT2D eigenvalue weighted by Gasteiger charge is 2.46. The highest BCUT2D eigenvalue weighted by Crippen LogP contribution is 2.44. The molecule has 0 saturated carbocycles. The highest BCUT2D eigenvalue weighted by molar-refractivity contribution is 8.00. The number of carbonyl (C=O) groups excluding carboxylic acids is 2. The van der Waals surface area contributed by atoms with Gasteiger partial charge in [0.25, 0.3) is 5.91 Å². The van der Waals surface area contributed by atoms with Gasteiger partial charge >= 0.3 is 0 Å². The van der Waals surface area contributed by atoms with Gasteiger partial charge in [0.05, 0.1) is 12.0 Å². The predicted molar refractivity (Wildman–Crippen MR) is 121 cm³/mol. The SMILES string of the molecule is COc1ccc(C(=O)N2CCSC23CCN(C(=O)C=Cc2ccccc2)CC3)cc1. The third-order valence-corrected chi connectivity index (χ3v) is 7.39. The van der Waals surface area contributed by atoms with Crippen molar-refractivity contribution in [3.05, 3.63) is 71.8 Å². The van der Waals surface area contributed by atoms with Crippen LogP contribution in [-0.2, 0) is 4.79 Å². The minimum Gasteiger partial charge on any atom is -0.497 e. The second-order valence-corrected chi connectivity index (χ2v) is 9.01. The van der Waals surface area contributed by atoms with Crippen molar-refractivity contribution in [3.8, 4) is 5.75 Å². The molecule has 156 valence electrons. The van der Waals surface area contributed by atoms with E-state index in [0.717, 1.165) is 36.5 Å². The number of ether oxygens (including phenoxy) is 1. The molecule has 2 aliphatic heterocycles. The van der Waals surface area contributed by atoms with Gasteiger partial charge in [0, 0.05) is 37.0 Å². The number of carbonyl (C=O) groups is 2. The van der Waals surface area contributed by atoms with Crippen LogP contribution in [0.1, 0.15) is 28.8 Å². The molecule has 0 radical (unpaired) electrons. The van der Waals surface area contributed by atoms with Gasteiger partial charge in [-0.1, -0.05) is 30.3 Å². The van der Waals surface area contributed by atoms with E-state index < -0.39 is 0 Å². The van der Waals surface area contributed by atoms with E-state index in [1.165, 1.54) is 0 Å². The van der Waals surface area contributed by atoms with Gasteiger partial charge in [-0.15, -0.1) is 11.8 Å². The first-order valence-corrected chi connectivity index (χ1v) is 11.2. The lowest BCUT2D eigenvalue weighted by Crippen LogP contribution is -2.53. The standard InChI is InChI=1S/C24H26N2O3S/c1-29-21-10-8-20(9-11-21)23(28)26-17-18-30-24(26)13-15-25(16-14-24)22(27)12-7-19-5-3-2-4-6-19/h2-12H,13-18H2,1H3. The van der Waals surface area contributed by atoms with Crippen LogP contribution in [0.4, 0.5) is 0 Å². The number of benzene rings is 2. The summed E-state index contributed by atoms with van der Waals surface area (Å²) in [6, 6.07) is 17.1. The molecule has 0 N–H and O–H groups in total. The van der Waals surface area contributed by atoms with Gasteiger partial charge in [-0.2, -0.15) is 0 Å². The van der Waals surface area contributed by atoms with Crippen LogP contribution in [0.3, 0.4) is 0 Å². The summed E-state index contributed by atoms with van der Waals surface area (Å²) in [6.07, 6.45) is 5.10. The molecule has 2 aromatic carbocycles. The second kappa shape index (κ2) is 8.96. The Morgan fingerprint density at radius 3 is 2.37 bits per heavy atom. The number of amides is 2. The molecule has 0 unspecified atom stereocenters. The largest absolute Gasteiger partial charge is 0.497 e. The molecular formula is C24H26N2O3S. The highest BCUT2D eigenvalue weighted by atomic mass is 32.2. The fraction of sp³-hybridized carbons (Fsp3) is 0.333. The lowest BCUT2D eigenvalue weighted by Gasteiger charge is -2.44. The summed E-state index contributed by atoms with van der Waals surface area (Å²) in [7, 11) is 1.62. The summed E-state index contributed by atoms with van der Waals surface area (Å²) in [5, 5.41) is 0. The molecule has 0 bridgehead atoms. The van der Waals surface area contributed by atoms with Gasteiger partial charge < -0.3 is 14.5 Å². The predicted octanol–water partition coefficient (Wildman–Crippen LogP) is 3.92. The monoisotopic (exact) mass is 422 g/mol. The smallest absolute Gasteiger partial charge is 0.255 e. The maximum atomic E-state index is 13.2. The Morgan fingerprint density at radius 1 is 1.00 bits per heavy atom. The number of thioether (sulfide) groups is 1. The van der Waals surface area contributed by atoms with Gasteiger partial charge in [0.1, 0.15) is 5.75 Å². The Kier molecular flexibility index (Phi) is 6.13. The number of methoxy groups -OCH3 is 1. The Hall–Kier alpha value is -2.73. The van der Waals surface area contributed by atoms with Crippen molar-refractivity contribution in [2.24, 2.45) is 0 Å². The van der Waals surface area contributed by atoms with Crippen LogP contribution in [0, 0.1) is 0 Å². The van der Waals surface area contributed by atoms with E-state index in [9.17, 15) is 9.59 Å². The summed E-state index contributed by atoms with van der Waals surface area (Å²) < 4.78 is 5.19. The van der Waals surface area contributed by atoms with E-state index in [1.807, 2.05) is 82.2 Å². The minimum absolute atomic E-state index is 0.0322. The van der Waals surface area contributed by atoms with Gasteiger partial charge in [0.2, 0.25) is 5.91 Å². The average Bonchev–Trinajstić information content (AvgIpc) is 3.21. The maximum absolute atomic E-state index is 13.2. The average molecular weight is 423 g/mol. The molecule has 5 nitrogen and oxygen atoms in total. The fourth-order valence-electron chi connectivity index (χ4n) is 4.11. The fourth-order valence-corrected chi connectivity index (χ4v) is 5.57.